The van der Waals surface area contributed by atoms with Crippen molar-refractivity contribution in [2.24, 2.45) is 5.92 Å². The molecule has 1 saturated carbocycles. The average molecular weight is 111 g/mol. The third-order valence-electron chi connectivity index (χ3n) is 2.33. The molecule has 2 aliphatic rings. The van der Waals surface area contributed by atoms with Crippen molar-refractivity contribution < 1.29 is 0 Å². The zero-order chi connectivity index (χ0) is 5.40. The van der Waals surface area contributed by atoms with Crippen LogP contribution in [0.1, 0.15) is 25.7 Å². The fourth-order valence-electron chi connectivity index (χ4n) is 1.64. The van der Waals surface area contributed by atoms with Crippen LogP contribution in [0.3, 0.4) is 0 Å². The van der Waals surface area contributed by atoms with Gasteiger partial charge in [0.15, 0.2) is 0 Å². The molecule has 46 valence electrons. The summed E-state index contributed by atoms with van der Waals surface area (Å²) in [5, 5.41) is 3.52. The second-order valence-corrected chi connectivity index (χ2v) is 3.05. The van der Waals surface area contributed by atoms with Gasteiger partial charge in [0.05, 0.1) is 0 Å². The van der Waals surface area contributed by atoms with Gasteiger partial charge in [-0.3, -0.25) is 0 Å². The van der Waals surface area contributed by atoms with Gasteiger partial charge in [-0.15, -0.1) is 0 Å². The molecular formula is C7H13N. The lowest BCUT2D eigenvalue weighted by atomic mass is 10.2. The van der Waals surface area contributed by atoms with Gasteiger partial charge in [0.2, 0.25) is 0 Å². The molecule has 2 fully saturated rings. The predicted octanol–water partition coefficient (Wildman–Crippen LogP) is 1.15. The molecule has 0 aromatic carbocycles. The lowest BCUT2D eigenvalue weighted by Crippen LogP contribution is -2.16. The maximum Gasteiger partial charge on any atom is 0.00991 e. The van der Waals surface area contributed by atoms with Crippen LogP contribution in [-0.2, 0) is 0 Å². The summed E-state index contributed by atoms with van der Waals surface area (Å²) in [6, 6.07) is 0.942. The highest BCUT2D eigenvalue weighted by Gasteiger charge is 2.36. The van der Waals surface area contributed by atoms with Crippen molar-refractivity contribution in [3.05, 3.63) is 0 Å². The summed E-state index contributed by atoms with van der Waals surface area (Å²) in [5.74, 6) is 1.08. The number of rotatable bonds is 0. The summed E-state index contributed by atoms with van der Waals surface area (Å²) in [6.45, 7) is 1.28. The van der Waals surface area contributed by atoms with Gasteiger partial charge in [0.1, 0.15) is 0 Å². The Labute approximate surface area is 50.5 Å². The van der Waals surface area contributed by atoms with E-state index in [-0.39, 0.29) is 0 Å². The third-order valence-corrected chi connectivity index (χ3v) is 2.33. The molecule has 1 aliphatic heterocycles. The molecule has 0 unspecified atom stereocenters. The highest BCUT2D eigenvalue weighted by molar-refractivity contribution is 4.94. The van der Waals surface area contributed by atoms with Gasteiger partial charge in [-0.2, -0.15) is 0 Å². The van der Waals surface area contributed by atoms with E-state index >= 15 is 0 Å². The highest BCUT2D eigenvalue weighted by atomic mass is 15.0. The van der Waals surface area contributed by atoms with Crippen molar-refractivity contribution in [2.45, 2.75) is 31.7 Å². The Hall–Kier alpha value is -0.0400. The number of hydrogen-bond donors (Lipinski definition) is 1. The minimum atomic E-state index is 0.942. The minimum absolute atomic E-state index is 0.942. The molecule has 1 N–H and O–H groups in total. The van der Waals surface area contributed by atoms with Gasteiger partial charge in [0, 0.05) is 6.04 Å². The van der Waals surface area contributed by atoms with Gasteiger partial charge in [-0.25, -0.2) is 0 Å². The maximum atomic E-state index is 3.52. The van der Waals surface area contributed by atoms with Gasteiger partial charge < -0.3 is 5.32 Å². The predicted molar refractivity (Wildman–Crippen MR) is 33.7 cm³/mol. The van der Waals surface area contributed by atoms with Crippen LogP contribution < -0.4 is 5.32 Å². The maximum absolute atomic E-state index is 3.52. The van der Waals surface area contributed by atoms with Crippen LogP contribution in [0.2, 0.25) is 0 Å². The molecule has 1 nitrogen and oxygen atoms in total. The van der Waals surface area contributed by atoms with Crippen LogP contribution in [-0.4, -0.2) is 12.6 Å². The fraction of sp³-hybridized carbons (Fsp3) is 1.00. The molecule has 0 aromatic rings. The van der Waals surface area contributed by atoms with E-state index in [1.54, 1.807) is 0 Å². The van der Waals surface area contributed by atoms with E-state index in [1.165, 1.54) is 32.2 Å². The molecule has 0 bridgehead atoms. The van der Waals surface area contributed by atoms with E-state index in [0.29, 0.717) is 0 Å². The summed E-state index contributed by atoms with van der Waals surface area (Å²) in [4.78, 5) is 0. The zero-order valence-corrected chi connectivity index (χ0v) is 5.19. The number of hydrogen-bond acceptors (Lipinski definition) is 1. The number of nitrogens with one attached hydrogen (secondary N) is 1. The Morgan fingerprint density at radius 1 is 1.25 bits per heavy atom. The van der Waals surface area contributed by atoms with Crippen LogP contribution in [0.25, 0.3) is 0 Å². The Bertz CT molecular complexity index is 80.4. The molecule has 2 atom stereocenters. The standard InChI is InChI=1S/C7H13N/c1-2-4-8-7-5-6(7)3-1/h6-8H,1-5H2/t6-,7+/m1/s1. The largest absolute Gasteiger partial charge is 0.314 e. The van der Waals surface area contributed by atoms with Crippen LogP contribution in [0.15, 0.2) is 0 Å². The first-order valence-electron chi connectivity index (χ1n) is 3.70. The summed E-state index contributed by atoms with van der Waals surface area (Å²) < 4.78 is 0. The van der Waals surface area contributed by atoms with Gasteiger partial charge in [-0.1, -0.05) is 6.42 Å². The monoisotopic (exact) mass is 111 g/mol. The molecule has 1 heteroatoms. The second-order valence-electron chi connectivity index (χ2n) is 3.05. The highest BCUT2D eigenvalue weighted by Crippen LogP contribution is 2.36. The lowest BCUT2D eigenvalue weighted by Gasteiger charge is -1.94. The van der Waals surface area contributed by atoms with Crippen molar-refractivity contribution in [2.75, 3.05) is 6.54 Å². The topological polar surface area (TPSA) is 12.0 Å². The van der Waals surface area contributed by atoms with Crippen LogP contribution >= 0.6 is 0 Å². The summed E-state index contributed by atoms with van der Waals surface area (Å²) in [5.41, 5.74) is 0. The fourth-order valence-corrected chi connectivity index (χ4v) is 1.64. The molecule has 1 saturated heterocycles. The van der Waals surface area contributed by atoms with Crippen LogP contribution in [0.5, 0.6) is 0 Å². The molecule has 0 spiro atoms. The molecule has 0 amide bonds. The smallest absolute Gasteiger partial charge is 0.00991 e. The van der Waals surface area contributed by atoms with E-state index in [4.69, 9.17) is 0 Å². The summed E-state index contributed by atoms with van der Waals surface area (Å²) in [6.07, 6.45) is 5.85. The molecule has 1 heterocycles. The minimum Gasteiger partial charge on any atom is -0.314 e. The quantitative estimate of drug-likeness (QED) is 0.494. The van der Waals surface area contributed by atoms with Gasteiger partial charge >= 0.3 is 0 Å². The number of fused-ring (bicyclic) bond motifs is 1. The Kier molecular flexibility index (Phi) is 1.04. The van der Waals surface area contributed by atoms with Gasteiger partial charge in [0.25, 0.3) is 0 Å². The van der Waals surface area contributed by atoms with Crippen molar-refractivity contribution in [3.63, 3.8) is 0 Å². The molecule has 8 heavy (non-hydrogen) atoms. The first-order valence-corrected chi connectivity index (χ1v) is 3.70. The normalized spacial score (nSPS) is 45.0. The van der Waals surface area contributed by atoms with E-state index < -0.39 is 0 Å². The average Bonchev–Trinajstić information content (AvgIpc) is 2.36. The van der Waals surface area contributed by atoms with Crippen LogP contribution in [0.4, 0.5) is 0 Å². The molecule has 0 radical (unpaired) electrons. The molecule has 2 rings (SSSR count). The second kappa shape index (κ2) is 1.73. The SMILES string of the molecule is C1CC[C@@H]2C[C@@H]2NC1. The van der Waals surface area contributed by atoms with E-state index in [9.17, 15) is 0 Å². The molecule has 0 aromatic heterocycles. The van der Waals surface area contributed by atoms with Gasteiger partial charge in [-0.05, 0) is 31.7 Å². The molecular weight excluding hydrogens is 98.1 g/mol. The summed E-state index contributed by atoms with van der Waals surface area (Å²) in [7, 11) is 0. The van der Waals surface area contributed by atoms with Crippen molar-refractivity contribution in [1.82, 2.24) is 5.32 Å². The van der Waals surface area contributed by atoms with Crippen molar-refractivity contribution in [1.29, 1.82) is 0 Å². The summed E-state index contributed by atoms with van der Waals surface area (Å²) >= 11 is 0. The first-order chi connectivity index (χ1) is 3.97. The van der Waals surface area contributed by atoms with E-state index in [2.05, 4.69) is 5.32 Å². The first kappa shape index (κ1) is 4.80. The Balaban J connectivity index is 1.89. The van der Waals surface area contributed by atoms with E-state index in [1.807, 2.05) is 0 Å². The van der Waals surface area contributed by atoms with Crippen molar-refractivity contribution in [3.8, 4) is 0 Å². The zero-order valence-electron chi connectivity index (χ0n) is 5.19. The third kappa shape index (κ3) is 0.752. The Morgan fingerprint density at radius 3 is 3.25 bits per heavy atom. The van der Waals surface area contributed by atoms with E-state index in [0.717, 1.165) is 12.0 Å². The van der Waals surface area contributed by atoms with Crippen molar-refractivity contribution >= 4 is 0 Å². The van der Waals surface area contributed by atoms with Crippen LogP contribution in [0, 0.1) is 5.92 Å². The lowest BCUT2D eigenvalue weighted by molar-refractivity contribution is 0.656. The Morgan fingerprint density at radius 2 is 2.25 bits per heavy atom. The molecule has 1 aliphatic carbocycles.